The summed E-state index contributed by atoms with van der Waals surface area (Å²) in [5.74, 6) is -0.767. The second-order valence-electron chi connectivity index (χ2n) is 9.44. The van der Waals surface area contributed by atoms with E-state index >= 15 is 0 Å². The Morgan fingerprint density at radius 1 is 1.03 bits per heavy atom. The summed E-state index contributed by atoms with van der Waals surface area (Å²) in [5.41, 5.74) is 2.00. The zero-order valence-corrected chi connectivity index (χ0v) is 20.3. The molecule has 4 rings (SSSR count). The second-order valence-corrected chi connectivity index (χ2v) is 9.44. The van der Waals surface area contributed by atoms with Crippen molar-refractivity contribution in [2.45, 2.75) is 45.1 Å². The minimum Gasteiger partial charge on any atom is -0.466 e. The van der Waals surface area contributed by atoms with Gasteiger partial charge in [-0.2, -0.15) is 0 Å². The molecule has 2 fully saturated rings. The van der Waals surface area contributed by atoms with Crippen molar-refractivity contribution in [3.8, 4) is 0 Å². The standard InChI is InChI=1S/C25H34N4O5/c1-4-34-25(33)17-10-13-27(14-11-17)22(30)16-29-21-15-18(23(31)26(2)3)8-9-19(21)28-12-6-5-7-20(28)24(29)32/h8-9,15,17,20H,4-7,10-14,16H2,1-3H3. The number of rotatable bonds is 5. The lowest BCUT2D eigenvalue weighted by molar-refractivity contribution is -0.151. The monoisotopic (exact) mass is 470 g/mol. The van der Waals surface area contributed by atoms with E-state index in [4.69, 9.17) is 4.74 Å². The minimum absolute atomic E-state index is 0.0696. The molecule has 9 nitrogen and oxygen atoms in total. The molecule has 1 aromatic carbocycles. The van der Waals surface area contributed by atoms with Gasteiger partial charge in [0, 0.05) is 39.3 Å². The number of benzene rings is 1. The summed E-state index contributed by atoms with van der Waals surface area (Å²) in [6.45, 7) is 3.78. The molecule has 0 spiro atoms. The van der Waals surface area contributed by atoms with Crippen LogP contribution in [0, 0.1) is 5.92 Å². The zero-order valence-electron chi connectivity index (χ0n) is 20.3. The summed E-state index contributed by atoms with van der Waals surface area (Å²) in [7, 11) is 3.38. The number of carbonyl (C=O) groups is 4. The Balaban J connectivity index is 1.55. The third-order valence-corrected chi connectivity index (χ3v) is 7.04. The van der Waals surface area contributed by atoms with E-state index in [0.29, 0.717) is 43.8 Å². The first-order valence-corrected chi connectivity index (χ1v) is 12.2. The Bertz CT molecular complexity index is 970. The van der Waals surface area contributed by atoms with E-state index in [2.05, 4.69) is 4.90 Å². The highest BCUT2D eigenvalue weighted by Crippen LogP contribution is 2.40. The number of nitrogens with zero attached hydrogens (tertiary/aromatic N) is 4. The molecule has 0 saturated carbocycles. The van der Waals surface area contributed by atoms with Crippen LogP contribution in [0.1, 0.15) is 49.4 Å². The van der Waals surface area contributed by atoms with Crippen molar-refractivity contribution in [1.29, 1.82) is 0 Å². The maximum Gasteiger partial charge on any atom is 0.309 e. The molecule has 0 N–H and O–H groups in total. The summed E-state index contributed by atoms with van der Waals surface area (Å²) in [6, 6.07) is 5.15. The van der Waals surface area contributed by atoms with E-state index < -0.39 is 0 Å². The number of likely N-dealkylation sites (tertiary alicyclic amines) is 1. The van der Waals surface area contributed by atoms with Crippen molar-refractivity contribution in [2.75, 3.05) is 56.7 Å². The van der Waals surface area contributed by atoms with E-state index in [-0.39, 0.29) is 42.2 Å². The number of hydrogen-bond acceptors (Lipinski definition) is 6. The van der Waals surface area contributed by atoms with E-state index in [9.17, 15) is 19.2 Å². The molecule has 184 valence electrons. The number of esters is 1. The Kier molecular flexibility index (Phi) is 7.09. The van der Waals surface area contributed by atoms with Crippen LogP contribution < -0.4 is 9.80 Å². The fraction of sp³-hybridized carbons (Fsp3) is 0.600. The van der Waals surface area contributed by atoms with E-state index in [1.54, 1.807) is 43.0 Å². The van der Waals surface area contributed by atoms with Crippen LogP contribution in [0.15, 0.2) is 18.2 Å². The van der Waals surface area contributed by atoms with Crippen molar-refractivity contribution >= 4 is 35.1 Å². The summed E-state index contributed by atoms with van der Waals surface area (Å²) in [5, 5.41) is 0. The van der Waals surface area contributed by atoms with Crippen LogP contribution in [0.25, 0.3) is 0 Å². The molecular formula is C25H34N4O5. The number of anilines is 2. The average molecular weight is 471 g/mol. The van der Waals surface area contributed by atoms with Crippen molar-refractivity contribution < 1.29 is 23.9 Å². The average Bonchev–Trinajstić information content (AvgIpc) is 2.85. The van der Waals surface area contributed by atoms with Gasteiger partial charge in [-0.3, -0.25) is 24.1 Å². The molecule has 0 aliphatic carbocycles. The predicted molar refractivity (Wildman–Crippen MR) is 128 cm³/mol. The van der Waals surface area contributed by atoms with Gasteiger partial charge in [-0.25, -0.2) is 0 Å². The molecule has 0 bridgehead atoms. The third-order valence-electron chi connectivity index (χ3n) is 7.04. The number of amides is 3. The summed E-state index contributed by atoms with van der Waals surface area (Å²) in [6.07, 6.45) is 3.87. The number of ether oxygens (including phenoxy) is 1. The van der Waals surface area contributed by atoms with E-state index in [1.165, 1.54) is 4.90 Å². The van der Waals surface area contributed by atoms with Gasteiger partial charge in [-0.15, -0.1) is 0 Å². The fourth-order valence-corrected chi connectivity index (χ4v) is 5.17. The molecule has 0 aromatic heterocycles. The number of piperidine rings is 2. The number of carbonyl (C=O) groups excluding carboxylic acids is 4. The lowest BCUT2D eigenvalue weighted by Gasteiger charge is -2.45. The lowest BCUT2D eigenvalue weighted by Crippen LogP contribution is -2.57. The number of fused-ring (bicyclic) bond motifs is 3. The van der Waals surface area contributed by atoms with Crippen molar-refractivity contribution in [1.82, 2.24) is 9.80 Å². The van der Waals surface area contributed by atoms with Gasteiger partial charge in [-0.05, 0) is 57.2 Å². The van der Waals surface area contributed by atoms with Gasteiger partial charge in [0.2, 0.25) is 11.8 Å². The first-order chi connectivity index (χ1) is 16.3. The van der Waals surface area contributed by atoms with Gasteiger partial charge < -0.3 is 19.4 Å². The largest absolute Gasteiger partial charge is 0.466 e. The Morgan fingerprint density at radius 2 is 1.76 bits per heavy atom. The molecule has 1 aromatic rings. The maximum atomic E-state index is 13.5. The van der Waals surface area contributed by atoms with E-state index in [1.807, 2.05) is 6.07 Å². The van der Waals surface area contributed by atoms with Gasteiger partial charge in [0.15, 0.2) is 0 Å². The molecule has 1 atom stereocenters. The summed E-state index contributed by atoms with van der Waals surface area (Å²) >= 11 is 0. The van der Waals surface area contributed by atoms with Gasteiger partial charge >= 0.3 is 5.97 Å². The maximum absolute atomic E-state index is 13.5. The first-order valence-electron chi connectivity index (χ1n) is 12.2. The highest BCUT2D eigenvalue weighted by atomic mass is 16.5. The molecule has 0 radical (unpaired) electrons. The smallest absolute Gasteiger partial charge is 0.309 e. The van der Waals surface area contributed by atoms with Crippen LogP contribution in [0.5, 0.6) is 0 Å². The molecule has 34 heavy (non-hydrogen) atoms. The van der Waals surface area contributed by atoms with Crippen LogP contribution in [-0.4, -0.2) is 86.4 Å². The van der Waals surface area contributed by atoms with Crippen molar-refractivity contribution in [2.24, 2.45) is 5.92 Å². The molecule has 3 aliphatic heterocycles. The van der Waals surface area contributed by atoms with Crippen molar-refractivity contribution in [3.05, 3.63) is 23.8 Å². The van der Waals surface area contributed by atoms with Gasteiger partial charge in [0.25, 0.3) is 5.91 Å². The summed E-state index contributed by atoms with van der Waals surface area (Å²) < 4.78 is 5.12. The second kappa shape index (κ2) is 10.0. The van der Waals surface area contributed by atoms with E-state index in [0.717, 1.165) is 31.5 Å². The molecule has 3 aliphatic rings. The lowest BCUT2D eigenvalue weighted by atomic mass is 9.95. The highest BCUT2D eigenvalue weighted by Gasteiger charge is 2.41. The van der Waals surface area contributed by atoms with Gasteiger partial charge in [0.05, 0.1) is 23.9 Å². The van der Waals surface area contributed by atoms with Gasteiger partial charge in [-0.1, -0.05) is 0 Å². The summed E-state index contributed by atoms with van der Waals surface area (Å²) in [4.78, 5) is 58.3. The molecule has 3 amide bonds. The van der Waals surface area contributed by atoms with Crippen LogP contribution in [-0.2, 0) is 19.1 Å². The minimum atomic E-state index is -0.279. The van der Waals surface area contributed by atoms with Crippen molar-refractivity contribution in [3.63, 3.8) is 0 Å². The highest BCUT2D eigenvalue weighted by molar-refractivity contribution is 6.09. The molecule has 2 saturated heterocycles. The zero-order chi connectivity index (χ0) is 24.4. The predicted octanol–water partition coefficient (Wildman–Crippen LogP) is 1.90. The molecule has 9 heteroatoms. The quantitative estimate of drug-likeness (QED) is 0.611. The number of hydrogen-bond donors (Lipinski definition) is 0. The van der Waals surface area contributed by atoms with Crippen LogP contribution in [0.3, 0.4) is 0 Å². The molecule has 1 unspecified atom stereocenters. The normalized spacial score (nSPS) is 20.5. The Hall–Kier alpha value is -3.10. The van der Waals surface area contributed by atoms with Gasteiger partial charge in [0.1, 0.15) is 12.6 Å². The SMILES string of the molecule is CCOC(=O)C1CCN(C(=O)CN2C(=O)C3CCCCN3c3ccc(C(=O)N(C)C)cc32)CC1. The third kappa shape index (κ3) is 4.60. The van der Waals surface area contributed by atoms with Crippen LogP contribution >= 0.6 is 0 Å². The first kappa shape index (κ1) is 24.0. The topological polar surface area (TPSA) is 90.5 Å². The van der Waals surface area contributed by atoms with Crippen LogP contribution in [0.2, 0.25) is 0 Å². The van der Waals surface area contributed by atoms with Crippen LogP contribution in [0.4, 0.5) is 11.4 Å². The Morgan fingerprint density at radius 3 is 2.44 bits per heavy atom. The Labute approximate surface area is 200 Å². The fourth-order valence-electron chi connectivity index (χ4n) is 5.17. The molecular weight excluding hydrogens is 436 g/mol. The molecule has 3 heterocycles.